The van der Waals surface area contributed by atoms with E-state index in [9.17, 15) is 9.18 Å². The Kier molecular flexibility index (Phi) is 5.68. The molecule has 1 aromatic carbocycles. The van der Waals surface area contributed by atoms with Crippen LogP contribution in [0.3, 0.4) is 0 Å². The van der Waals surface area contributed by atoms with E-state index in [0.29, 0.717) is 18.9 Å². The fourth-order valence-corrected chi connectivity index (χ4v) is 3.59. The third kappa shape index (κ3) is 4.05. The Morgan fingerprint density at radius 3 is 2.83 bits per heavy atom. The number of rotatable bonds is 5. The summed E-state index contributed by atoms with van der Waals surface area (Å²) in [6.45, 7) is 5.87. The number of piperazine rings is 1. The van der Waals surface area contributed by atoms with Gasteiger partial charge in [-0.2, -0.15) is 0 Å². The predicted molar refractivity (Wildman–Crippen MR) is 90.7 cm³/mol. The number of likely N-dealkylation sites (tertiary alicyclic amines) is 1. The zero-order valence-electron chi connectivity index (χ0n) is 14.3. The van der Waals surface area contributed by atoms with Gasteiger partial charge in [0.15, 0.2) is 11.6 Å². The number of methoxy groups -OCH3 is 1. The fourth-order valence-electron chi connectivity index (χ4n) is 3.59. The molecule has 1 atom stereocenters. The van der Waals surface area contributed by atoms with Crippen LogP contribution >= 0.6 is 0 Å². The van der Waals surface area contributed by atoms with E-state index < -0.39 is 0 Å². The molecule has 0 saturated carbocycles. The summed E-state index contributed by atoms with van der Waals surface area (Å²) in [6, 6.07) is 5.39. The highest BCUT2D eigenvalue weighted by atomic mass is 19.1. The number of nitrogens with zero attached hydrogens (tertiary/aromatic N) is 2. The average Bonchev–Trinajstić information content (AvgIpc) is 3.11. The lowest BCUT2D eigenvalue weighted by molar-refractivity contribution is -0.130. The lowest BCUT2D eigenvalue weighted by atomic mass is 10.1. The van der Waals surface area contributed by atoms with Gasteiger partial charge >= 0.3 is 0 Å². The SMILES string of the molecule is COc1ccc(CCC(=O)N2CCC(N3CCNCC3)C2)cc1F. The van der Waals surface area contributed by atoms with E-state index in [0.717, 1.165) is 51.3 Å². The smallest absolute Gasteiger partial charge is 0.222 e. The number of halogens is 1. The summed E-state index contributed by atoms with van der Waals surface area (Å²) in [4.78, 5) is 16.9. The van der Waals surface area contributed by atoms with Crippen LogP contribution in [-0.4, -0.2) is 68.1 Å². The second-order valence-corrected chi connectivity index (χ2v) is 6.54. The molecule has 2 aliphatic rings. The minimum absolute atomic E-state index is 0.170. The van der Waals surface area contributed by atoms with Crippen LogP contribution in [0, 0.1) is 5.82 Å². The molecule has 2 heterocycles. The van der Waals surface area contributed by atoms with Crippen molar-refractivity contribution in [1.29, 1.82) is 0 Å². The second-order valence-electron chi connectivity index (χ2n) is 6.54. The van der Waals surface area contributed by atoms with Gasteiger partial charge in [0, 0.05) is 51.7 Å². The molecule has 0 aromatic heterocycles. The zero-order chi connectivity index (χ0) is 16.9. The van der Waals surface area contributed by atoms with Gasteiger partial charge in [0.1, 0.15) is 0 Å². The van der Waals surface area contributed by atoms with Crippen LogP contribution in [0.5, 0.6) is 5.75 Å². The highest BCUT2D eigenvalue weighted by molar-refractivity contribution is 5.76. The molecular weight excluding hydrogens is 309 g/mol. The number of benzene rings is 1. The molecule has 1 unspecified atom stereocenters. The highest BCUT2D eigenvalue weighted by Crippen LogP contribution is 2.20. The quantitative estimate of drug-likeness (QED) is 0.880. The molecule has 3 rings (SSSR count). The molecule has 1 amide bonds. The van der Waals surface area contributed by atoms with Gasteiger partial charge in [-0.25, -0.2) is 4.39 Å². The number of ether oxygens (including phenoxy) is 1. The van der Waals surface area contributed by atoms with Crippen molar-refractivity contribution in [2.75, 3.05) is 46.4 Å². The van der Waals surface area contributed by atoms with Crippen LogP contribution < -0.4 is 10.1 Å². The van der Waals surface area contributed by atoms with Crippen LogP contribution in [0.1, 0.15) is 18.4 Å². The maximum absolute atomic E-state index is 13.7. The summed E-state index contributed by atoms with van der Waals surface area (Å²) in [6.07, 6.45) is 2.05. The summed E-state index contributed by atoms with van der Waals surface area (Å²) >= 11 is 0. The van der Waals surface area contributed by atoms with Gasteiger partial charge in [-0.05, 0) is 30.5 Å². The van der Waals surface area contributed by atoms with Crippen molar-refractivity contribution in [3.8, 4) is 5.75 Å². The monoisotopic (exact) mass is 335 g/mol. The van der Waals surface area contributed by atoms with Crippen molar-refractivity contribution in [2.45, 2.75) is 25.3 Å². The molecule has 1 N–H and O–H groups in total. The molecule has 5 nitrogen and oxygen atoms in total. The molecule has 1 aromatic rings. The Labute approximate surface area is 142 Å². The molecule has 24 heavy (non-hydrogen) atoms. The zero-order valence-corrected chi connectivity index (χ0v) is 14.3. The molecule has 132 valence electrons. The van der Waals surface area contributed by atoms with Gasteiger partial charge in [0.25, 0.3) is 0 Å². The molecule has 0 bridgehead atoms. The van der Waals surface area contributed by atoms with E-state index in [1.54, 1.807) is 6.07 Å². The summed E-state index contributed by atoms with van der Waals surface area (Å²) in [7, 11) is 1.45. The first kappa shape index (κ1) is 17.2. The van der Waals surface area contributed by atoms with E-state index in [-0.39, 0.29) is 17.5 Å². The maximum atomic E-state index is 13.7. The third-order valence-corrected chi connectivity index (χ3v) is 5.03. The van der Waals surface area contributed by atoms with Crippen LogP contribution in [0.15, 0.2) is 18.2 Å². The third-order valence-electron chi connectivity index (χ3n) is 5.03. The Hall–Kier alpha value is -1.66. The second kappa shape index (κ2) is 7.94. The number of hydrogen-bond acceptors (Lipinski definition) is 4. The Bertz CT molecular complexity index is 575. The van der Waals surface area contributed by atoms with Crippen LogP contribution in [0.4, 0.5) is 4.39 Å². The molecule has 6 heteroatoms. The summed E-state index contributed by atoms with van der Waals surface area (Å²) in [5, 5.41) is 3.36. The average molecular weight is 335 g/mol. The Morgan fingerprint density at radius 2 is 2.12 bits per heavy atom. The van der Waals surface area contributed by atoms with Gasteiger partial charge in [-0.15, -0.1) is 0 Å². The molecule has 2 saturated heterocycles. The van der Waals surface area contributed by atoms with Crippen molar-refractivity contribution >= 4 is 5.91 Å². The topological polar surface area (TPSA) is 44.8 Å². The first-order valence-electron chi connectivity index (χ1n) is 8.72. The molecule has 0 spiro atoms. The van der Waals surface area contributed by atoms with Crippen LogP contribution in [-0.2, 0) is 11.2 Å². The summed E-state index contributed by atoms with van der Waals surface area (Å²) in [5.41, 5.74) is 0.833. The molecule has 0 radical (unpaired) electrons. The van der Waals surface area contributed by atoms with Gasteiger partial charge in [-0.1, -0.05) is 6.07 Å². The first-order valence-corrected chi connectivity index (χ1v) is 8.72. The van der Waals surface area contributed by atoms with Crippen LogP contribution in [0.25, 0.3) is 0 Å². The molecule has 0 aliphatic carbocycles. The van der Waals surface area contributed by atoms with Crippen molar-refractivity contribution < 1.29 is 13.9 Å². The predicted octanol–water partition coefficient (Wildman–Crippen LogP) is 1.27. The van der Waals surface area contributed by atoms with E-state index in [1.807, 2.05) is 11.0 Å². The number of amides is 1. The number of carbonyl (C=O) groups excluding carboxylic acids is 1. The first-order chi connectivity index (χ1) is 11.7. The Morgan fingerprint density at radius 1 is 1.33 bits per heavy atom. The number of hydrogen-bond donors (Lipinski definition) is 1. The number of aryl methyl sites for hydroxylation is 1. The molecular formula is C18H26FN3O2. The lowest BCUT2D eigenvalue weighted by Crippen LogP contribution is -2.49. The van der Waals surface area contributed by atoms with Gasteiger partial charge in [-0.3, -0.25) is 9.69 Å². The van der Waals surface area contributed by atoms with E-state index in [2.05, 4.69) is 10.2 Å². The van der Waals surface area contributed by atoms with Gasteiger partial charge in [0.05, 0.1) is 7.11 Å². The Balaban J connectivity index is 1.48. The van der Waals surface area contributed by atoms with E-state index in [1.165, 1.54) is 13.2 Å². The lowest BCUT2D eigenvalue weighted by Gasteiger charge is -2.32. The van der Waals surface area contributed by atoms with E-state index in [4.69, 9.17) is 4.74 Å². The fraction of sp³-hybridized carbons (Fsp3) is 0.611. The van der Waals surface area contributed by atoms with Crippen molar-refractivity contribution in [3.63, 3.8) is 0 Å². The maximum Gasteiger partial charge on any atom is 0.222 e. The standard InChI is InChI=1S/C18H26FN3O2/c1-24-17-4-2-14(12-16(17)19)3-5-18(23)22-9-6-15(13-22)21-10-7-20-8-11-21/h2,4,12,15,20H,3,5-11,13H2,1H3. The van der Waals surface area contributed by atoms with Crippen molar-refractivity contribution in [3.05, 3.63) is 29.6 Å². The molecule has 2 fully saturated rings. The van der Waals surface area contributed by atoms with Gasteiger partial charge in [0.2, 0.25) is 5.91 Å². The minimum Gasteiger partial charge on any atom is -0.494 e. The van der Waals surface area contributed by atoms with Gasteiger partial charge < -0.3 is 15.0 Å². The van der Waals surface area contributed by atoms with Crippen LogP contribution in [0.2, 0.25) is 0 Å². The summed E-state index contributed by atoms with van der Waals surface area (Å²) < 4.78 is 18.6. The minimum atomic E-state index is -0.373. The van der Waals surface area contributed by atoms with Crippen molar-refractivity contribution in [2.24, 2.45) is 0 Å². The number of carbonyl (C=O) groups is 1. The highest BCUT2D eigenvalue weighted by Gasteiger charge is 2.30. The largest absolute Gasteiger partial charge is 0.494 e. The number of nitrogens with one attached hydrogen (secondary N) is 1. The normalized spacial score (nSPS) is 21.9. The molecule has 2 aliphatic heterocycles. The van der Waals surface area contributed by atoms with Crippen molar-refractivity contribution in [1.82, 2.24) is 15.1 Å². The van der Waals surface area contributed by atoms with E-state index >= 15 is 0 Å². The summed E-state index contributed by atoms with van der Waals surface area (Å²) in [5.74, 6) is 0.0368.